The van der Waals surface area contributed by atoms with Crippen LogP contribution in [-0.4, -0.2) is 46.7 Å². The third kappa shape index (κ3) is 4.94. The van der Waals surface area contributed by atoms with Crippen LogP contribution in [0.4, 0.5) is 5.69 Å². The number of hydrogen-bond donors (Lipinski definition) is 2. The van der Waals surface area contributed by atoms with Crippen LogP contribution in [0.25, 0.3) is 5.69 Å². The first-order chi connectivity index (χ1) is 14.8. The molecular weight excluding hydrogens is 390 g/mol. The monoisotopic (exact) mass is 422 g/mol. The number of allylic oxidation sites excluding steroid dienone is 2. The molecule has 0 spiro atoms. The average Bonchev–Trinajstić information content (AvgIpc) is 2.96. The highest BCUT2D eigenvalue weighted by Crippen LogP contribution is 2.19. The van der Waals surface area contributed by atoms with E-state index in [0.717, 1.165) is 35.8 Å². The molecule has 1 aromatic carbocycles. The summed E-state index contributed by atoms with van der Waals surface area (Å²) in [4.78, 5) is 30.4. The van der Waals surface area contributed by atoms with Gasteiger partial charge in [-0.05, 0) is 56.7 Å². The Kier molecular flexibility index (Phi) is 7.07. The first-order valence-corrected chi connectivity index (χ1v) is 10.7. The molecule has 1 heterocycles. The minimum absolute atomic E-state index is 0.00447. The lowest BCUT2D eigenvalue weighted by atomic mass is 10.0. The van der Waals surface area contributed by atoms with Crippen molar-refractivity contribution in [2.75, 3.05) is 19.6 Å². The summed E-state index contributed by atoms with van der Waals surface area (Å²) < 4.78 is 3.49. The van der Waals surface area contributed by atoms with Crippen molar-refractivity contribution in [2.45, 2.75) is 33.7 Å². The summed E-state index contributed by atoms with van der Waals surface area (Å²) in [6.07, 6.45) is 6.33. The molecule has 1 aromatic heterocycles. The van der Waals surface area contributed by atoms with Gasteiger partial charge in [-0.25, -0.2) is 9.67 Å². The highest BCUT2D eigenvalue weighted by atomic mass is 16.1. The third-order valence-corrected chi connectivity index (χ3v) is 5.80. The normalized spacial score (nSPS) is 18.2. The average molecular weight is 423 g/mol. The SMILES string of the molecule is CC[NH+](CCNC(C)=O)C1C=CC(=Nc2c(C)n(C)n(-c3ccccc3)c2=O)C(C)=C1. The zero-order valence-corrected chi connectivity index (χ0v) is 19.0. The molecule has 1 amide bonds. The molecule has 2 atom stereocenters. The van der Waals surface area contributed by atoms with Crippen LogP contribution in [0.1, 0.15) is 26.5 Å². The fourth-order valence-corrected chi connectivity index (χ4v) is 3.90. The van der Waals surface area contributed by atoms with Crippen LogP contribution >= 0.6 is 0 Å². The predicted octanol–water partition coefficient (Wildman–Crippen LogP) is 1.48. The first kappa shape index (κ1) is 22.5. The standard InChI is InChI=1S/C24H31N5O2/c1-6-28(15-14-25-19(4)30)21-12-13-22(17(2)16-21)26-23-18(3)27(5)29(24(23)31)20-10-8-7-9-11-20/h7-13,16,21H,6,14-15H2,1-5H3,(H,25,30)/p+1. The number of carbonyl (C=O) groups excluding carboxylic acids is 1. The minimum Gasteiger partial charge on any atom is -0.351 e. The van der Waals surface area contributed by atoms with E-state index in [-0.39, 0.29) is 17.5 Å². The van der Waals surface area contributed by atoms with Gasteiger partial charge in [0.05, 0.1) is 36.7 Å². The summed E-state index contributed by atoms with van der Waals surface area (Å²) in [5, 5.41) is 2.87. The number of aromatic nitrogens is 2. The Bertz CT molecular complexity index is 1090. The smallest absolute Gasteiger partial charge is 0.297 e. The lowest BCUT2D eigenvalue weighted by Crippen LogP contribution is -3.15. The molecule has 0 fully saturated rings. The van der Waals surface area contributed by atoms with E-state index in [2.05, 4.69) is 24.4 Å². The summed E-state index contributed by atoms with van der Waals surface area (Å²) in [6, 6.07) is 9.81. The number of likely N-dealkylation sites (N-methyl/N-ethyl adjacent to an activating group) is 1. The Morgan fingerprint density at radius 2 is 1.94 bits per heavy atom. The highest BCUT2D eigenvalue weighted by Gasteiger charge is 2.21. The number of carbonyl (C=O) groups is 1. The van der Waals surface area contributed by atoms with E-state index >= 15 is 0 Å². The van der Waals surface area contributed by atoms with Crippen LogP contribution in [-0.2, 0) is 11.8 Å². The van der Waals surface area contributed by atoms with Gasteiger partial charge in [0, 0.05) is 14.0 Å². The third-order valence-electron chi connectivity index (χ3n) is 5.80. The maximum atomic E-state index is 13.1. The second-order valence-electron chi connectivity index (χ2n) is 7.89. The van der Waals surface area contributed by atoms with Crippen LogP contribution in [0.3, 0.4) is 0 Å². The molecule has 0 radical (unpaired) electrons. The Labute approximate surface area is 183 Å². The van der Waals surface area contributed by atoms with Gasteiger partial charge in [-0.1, -0.05) is 18.2 Å². The van der Waals surface area contributed by atoms with Crippen LogP contribution < -0.4 is 15.8 Å². The molecule has 0 aliphatic heterocycles. The molecular formula is C24H32N5O2+. The van der Waals surface area contributed by atoms with Crippen molar-refractivity contribution in [3.05, 3.63) is 70.2 Å². The van der Waals surface area contributed by atoms with Crippen LogP contribution in [0, 0.1) is 6.92 Å². The molecule has 1 aliphatic carbocycles. The summed E-state index contributed by atoms with van der Waals surface area (Å²) in [5.41, 5.74) is 3.82. The number of hydrogen-bond acceptors (Lipinski definition) is 3. The maximum absolute atomic E-state index is 13.1. The van der Waals surface area contributed by atoms with E-state index in [0.29, 0.717) is 12.2 Å². The molecule has 2 aromatic rings. The molecule has 0 saturated heterocycles. The zero-order chi connectivity index (χ0) is 22.5. The Morgan fingerprint density at radius 3 is 2.55 bits per heavy atom. The van der Waals surface area contributed by atoms with Gasteiger partial charge < -0.3 is 10.2 Å². The molecule has 1 aliphatic rings. The number of aliphatic imine (C=N–C) groups is 1. The fraction of sp³-hybridized carbons (Fsp3) is 0.375. The van der Waals surface area contributed by atoms with Gasteiger partial charge in [-0.2, -0.15) is 0 Å². The summed E-state index contributed by atoms with van der Waals surface area (Å²) >= 11 is 0. The lowest BCUT2D eigenvalue weighted by molar-refractivity contribution is -0.909. The first-order valence-electron chi connectivity index (χ1n) is 10.7. The molecule has 2 N–H and O–H groups in total. The van der Waals surface area contributed by atoms with Gasteiger partial charge in [0.25, 0.3) is 5.56 Å². The lowest BCUT2D eigenvalue weighted by Gasteiger charge is -2.26. The molecule has 2 unspecified atom stereocenters. The van der Waals surface area contributed by atoms with Crippen LogP contribution in [0.15, 0.2) is 63.9 Å². The fourth-order valence-electron chi connectivity index (χ4n) is 3.90. The van der Waals surface area contributed by atoms with Crippen molar-refractivity contribution >= 4 is 17.3 Å². The number of nitrogens with zero attached hydrogens (tertiary/aromatic N) is 3. The van der Waals surface area contributed by atoms with E-state index in [1.54, 1.807) is 4.68 Å². The molecule has 31 heavy (non-hydrogen) atoms. The second kappa shape index (κ2) is 9.75. The van der Waals surface area contributed by atoms with Crippen LogP contribution in [0.2, 0.25) is 0 Å². The Balaban J connectivity index is 1.86. The number of amides is 1. The number of nitrogens with one attached hydrogen (secondary N) is 2. The number of rotatable bonds is 7. The molecule has 164 valence electrons. The molecule has 0 bridgehead atoms. The van der Waals surface area contributed by atoms with E-state index < -0.39 is 0 Å². The molecule has 7 heteroatoms. The molecule has 7 nitrogen and oxygen atoms in total. The van der Waals surface area contributed by atoms with Crippen molar-refractivity contribution < 1.29 is 9.69 Å². The van der Waals surface area contributed by atoms with Gasteiger partial charge in [-0.3, -0.25) is 14.3 Å². The highest BCUT2D eigenvalue weighted by molar-refractivity contribution is 6.10. The van der Waals surface area contributed by atoms with Crippen molar-refractivity contribution in [1.29, 1.82) is 0 Å². The van der Waals surface area contributed by atoms with Crippen molar-refractivity contribution in [3.63, 3.8) is 0 Å². The van der Waals surface area contributed by atoms with E-state index in [9.17, 15) is 9.59 Å². The second-order valence-corrected chi connectivity index (χ2v) is 7.89. The Hall–Kier alpha value is -3.19. The zero-order valence-electron chi connectivity index (χ0n) is 19.0. The number of quaternary nitrogens is 1. The maximum Gasteiger partial charge on any atom is 0.297 e. The largest absolute Gasteiger partial charge is 0.351 e. The summed E-state index contributed by atoms with van der Waals surface area (Å²) in [5.74, 6) is -0.00447. The summed E-state index contributed by atoms with van der Waals surface area (Å²) in [6.45, 7) is 10.1. The van der Waals surface area contributed by atoms with E-state index in [1.807, 2.05) is 62.0 Å². The Morgan fingerprint density at radius 1 is 1.23 bits per heavy atom. The van der Waals surface area contributed by atoms with Gasteiger partial charge in [0.2, 0.25) is 5.91 Å². The van der Waals surface area contributed by atoms with E-state index in [4.69, 9.17) is 4.99 Å². The van der Waals surface area contributed by atoms with Crippen LogP contribution in [0.5, 0.6) is 0 Å². The predicted molar refractivity (Wildman–Crippen MR) is 125 cm³/mol. The van der Waals surface area contributed by atoms with Crippen molar-refractivity contribution in [3.8, 4) is 5.69 Å². The van der Waals surface area contributed by atoms with Crippen molar-refractivity contribution in [2.24, 2.45) is 12.0 Å². The number of benzene rings is 1. The molecule has 0 saturated carbocycles. The quantitative estimate of drug-likeness (QED) is 0.710. The van der Waals surface area contributed by atoms with Gasteiger partial charge in [0.15, 0.2) is 5.69 Å². The number of para-hydroxylation sites is 1. The van der Waals surface area contributed by atoms with Gasteiger partial charge >= 0.3 is 0 Å². The minimum atomic E-state index is -0.127. The van der Waals surface area contributed by atoms with Gasteiger partial charge in [0.1, 0.15) is 6.04 Å². The van der Waals surface area contributed by atoms with Gasteiger partial charge in [-0.15, -0.1) is 0 Å². The van der Waals surface area contributed by atoms with Crippen molar-refractivity contribution in [1.82, 2.24) is 14.7 Å². The topological polar surface area (TPSA) is 72.8 Å². The molecule has 3 rings (SSSR count). The summed E-state index contributed by atoms with van der Waals surface area (Å²) in [7, 11) is 1.88. The van der Waals surface area contributed by atoms with E-state index in [1.165, 1.54) is 11.8 Å².